The van der Waals surface area contributed by atoms with Crippen molar-refractivity contribution in [3.63, 3.8) is 0 Å². The summed E-state index contributed by atoms with van der Waals surface area (Å²) >= 11 is 0. The molecule has 1 aromatic rings. The smallest absolute Gasteiger partial charge is 0.0953 e. The van der Waals surface area contributed by atoms with Gasteiger partial charge in [0, 0.05) is 13.1 Å². The van der Waals surface area contributed by atoms with Gasteiger partial charge in [-0.25, -0.2) is 0 Å². The third-order valence-corrected chi connectivity index (χ3v) is 2.61. The third-order valence-electron chi connectivity index (χ3n) is 2.61. The molecule has 1 saturated heterocycles. The minimum absolute atomic E-state index is 0.222. The minimum atomic E-state index is 0.222. The molecule has 1 aliphatic rings. The van der Waals surface area contributed by atoms with E-state index in [2.05, 4.69) is 43.4 Å². The first-order valence-corrected chi connectivity index (χ1v) is 5.18. The fourth-order valence-electron chi connectivity index (χ4n) is 1.77. The monoisotopic (exact) mass is 191 g/mol. The summed E-state index contributed by atoms with van der Waals surface area (Å²) in [5.74, 6) is 0. The average Bonchev–Trinajstić information content (AvgIpc) is 2.19. The van der Waals surface area contributed by atoms with Crippen molar-refractivity contribution >= 4 is 0 Å². The maximum Gasteiger partial charge on any atom is 0.0953 e. The number of aryl methyl sites for hydroxylation is 1. The van der Waals surface area contributed by atoms with Crippen LogP contribution in [-0.4, -0.2) is 19.2 Å². The largest absolute Gasteiger partial charge is 0.368 e. The van der Waals surface area contributed by atoms with Crippen molar-refractivity contribution in [1.29, 1.82) is 0 Å². The summed E-state index contributed by atoms with van der Waals surface area (Å²) in [7, 11) is 0. The molecule has 2 rings (SSSR count). The van der Waals surface area contributed by atoms with Crippen LogP contribution >= 0.6 is 0 Å². The van der Waals surface area contributed by atoms with Crippen LogP contribution in [0.4, 0.5) is 0 Å². The van der Waals surface area contributed by atoms with Gasteiger partial charge in [0.25, 0.3) is 0 Å². The average molecular weight is 191 g/mol. The first kappa shape index (κ1) is 9.69. The molecule has 1 aliphatic heterocycles. The summed E-state index contributed by atoms with van der Waals surface area (Å²) in [5, 5.41) is 3.37. The molecule has 0 radical (unpaired) electrons. The lowest BCUT2D eigenvalue weighted by Gasteiger charge is -2.29. The molecule has 1 N–H and O–H groups in total. The van der Waals surface area contributed by atoms with Gasteiger partial charge in [0.15, 0.2) is 0 Å². The molecular formula is C12H17NO. The molecule has 0 amide bonds. The van der Waals surface area contributed by atoms with Gasteiger partial charge in [0.2, 0.25) is 0 Å². The summed E-state index contributed by atoms with van der Waals surface area (Å²) in [6, 6.07) is 8.58. The zero-order valence-electron chi connectivity index (χ0n) is 8.79. The molecule has 0 bridgehead atoms. The van der Waals surface area contributed by atoms with Gasteiger partial charge in [-0.05, 0) is 19.4 Å². The van der Waals surface area contributed by atoms with Crippen molar-refractivity contribution in [3.05, 3.63) is 35.4 Å². The number of morpholine rings is 1. The molecular weight excluding hydrogens is 174 g/mol. The van der Waals surface area contributed by atoms with Crippen molar-refractivity contribution in [2.75, 3.05) is 13.1 Å². The zero-order valence-corrected chi connectivity index (χ0v) is 8.79. The van der Waals surface area contributed by atoms with Crippen LogP contribution in [0.25, 0.3) is 0 Å². The Morgan fingerprint density at radius 2 is 1.93 bits per heavy atom. The first-order chi connectivity index (χ1) is 6.75. The molecule has 2 heteroatoms. The molecule has 1 heterocycles. The minimum Gasteiger partial charge on any atom is -0.368 e. The molecule has 0 spiro atoms. The Hall–Kier alpha value is -0.860. The second-order valence-corrected chi connectivity index (χ2v) is 4.00. The molecule has 0 aromatic heterocycles. The summed E-state index contributed by atoms with van der Waals surface area (Å²) < 4.78 is 5.85. The molecule has 0 unspecified atom stereocenters. The van der Waals surface area contributed by atoms with Gasteiger partial charge in [0.1, 0.15) is 0 Å². The topological polar surface area (TPSA) is 21.3 Å². The zero-order chi connectivity index (χ0) is 9.97. The van der Waals surface area contributed by atoms with Gasteiger partial charge in [-0.1, -0.05) is 29.8 Å². The van der Waals surface area contributed by atoms with Gasteiger partial charge < -0.3 is 10.1 Å². The van der Waals surface area contributed by atoms with Crippen molar-refractivity contribution in [2.45, 2.75) is 26.1 Å². The summed E-state index contributed by atoms with van der Waals surface area (Å²) in [5.41, 5.74) is 2.57. The number of nitrogens with one attached hydrogen (secondary N) is 1. The van der Waals surface area contributed by atoms with Crippen LogP contribution < -0.4 is 5.32 Å². The van der Waals surface area contributed by atoms with Crippen molar-refractivity contribution in [2.24, 2.45) is 0 Å². The lowest BCUT2D eigenvalue weighted by Crippen LogP contribution is -2.38. The molecule has 2 atom stereocenters. The maximum atomic E-state index is 5.85. The SMILES string of the molecule is Cc1ccc([C@@H]2CNC[C@@H](C)O2)cc1. The summed E-state index contributed by atoms with van der Waals surface area (Å²) in [4.78, 5) is 0. The van der Waals surface area contributed by atoms with Gasteiger partial charge in [0.05, 0.1) is 12.2 Å². The number of hydrogen-bond acceptors (Lipinski definition) is 2. The van der Waals surface area contributed by atoms with E-state index in [4.69, 9.17) is 4.74 Å². The predicted molar refractivity (Wildman–Crippen MR) is 57.3 cm³/mol. The fraction of sp³-hybridized carbons (Fsp3) is 0.500. The highest BCUT2D eigenvalue weighted by Gasteiger charge is 2.19. The third kappa shape index (κ3) is 2.14. The van der Waals surface area contributed by atoms with E-state index in [0.717, 1.165) is 13.1 Å². The van der Waals surface area contributed by atoms with Crippen LogP contribution in [0.1, 0.15) is 24.2 Å². The quantitative estimate of drug-likeness (QED) is 0.733. The van der Waals surface area contributed by atoms with Crippen molar-refractivity contribution in [3.8, 4) is 0 Å². The maximum absolute atomic E-state index is 5.85. The molecule has 1 fully saturated rings. The Morgan fingerprint density at radius 1 is 1.21 bits per heavy atom. The lowest BCUT2D eigenvalue weighted by molar-refractivity contribution is -0.0287. The van der Waals surface area contributed by atoms with Gasteiger partial charge >= 0.3 is 0 Å². The summed E-state index contributed by atoms with van der Waals surface area (Å²) in [6.45, 7) is 6.09. The van der Waals surface area contributed by atoms with Crippen LogP contribution in [0.15, 0.2) is 24.3 Å². The highest BCUT2D eigenvalue weighted by molar-refractivity contribution is 5.23. The standard InChI is InChI=1S/C12H17NO/c1-9-3-5-11(6-4-9)12-8-13-7-10(2)14-12/h3-6,10,12-13H,7-8H2,1-2H3/t10-,12+/m1/s1. The highest BCUT2D eigenvalue weighted by Crippen LogP contribution is 2.21. The molecule has 14 heavy (non-hydrogen) atoms. The van der Waals surface area contributed by atoms with Gasteiger partial charge in [-0.3, -0.25) is 0 Å². The molecule has 76 valence electrons. The van der Waals surface area contributed by atoms with E-state index in [9.17, 15) is 0 Å². The van der Waals surface area contributed by atoms with E-state index in [0.29, 0.717) is 6.10 Å². The van der Waals surface area contributed by atoms with Crippen LogP contribution in [0.3, 0.4) is 0 Å². The van der Waals surface area contributed by atoms with Gasteiger partial charge in [-0.2, -0.15) is 0 Å². The number of hydrogen-bond donors (Lipinski definition) is 1. The van der Waals surface area contributed by atoms with Crippen molar-refractivity contribution in [1.82, 2.24) is 5.32 Å². The van der Waals surface area contributed by atoms with E-state index in [-0.39, 0.29) is 6.10 Å². The van der Waals surface area contributed by atoms with Crippen LogP contribution in [0.5, 0.6) is 0 Å². The van der Waals surface area contributed by atoms with Crippen LogP contribution in [0.2, 0.25) is 0 Å². The Balaban J connectivity index is 2.10. The predicted octanol–water partition coefficient (Wildman–Crippen LogP) is 2.04. The van der Waals surface area contributed by atoms with E-state index in [1.165, 1.54) is 11.1 Å². The number of rotatable bonds is 1. The normalized spacial score (nSPS) is 27.6. The molecule has 2 nitrogen and oxygen atoms in total. The Bertz CT molecular complexity index is 294. The number of ether oxygens (including phenoxy) is 1. The number of benzene rings is 1. The van der Waals surface area contributed by atoms with Crippen molar-refractivity contribution < 1.29 is 4.74 Å². The highest BCUT2D eigenvalue weighted by atomic mass is 16.5. The molecule has 0 saturated carbocycles. The Morgan fingerprint density at radius 3 is 2.57 bits per heavy atom. The van der Waals surface area contributed by atoms with E-state index in [1.54, 1.807) is 0 Å². The molecule has 1 aromatic carbocycles. The van der Waals surface area contributed by atoms with E-state index >= 15 is 0 Å². The molecule has 0 aliphatic carbocycles. The Labute approximate surface area is 85.3 Å². The van der Waals surface area contributed by atoms with E-state index in [1.807, 2.05) is 0 Å². The lowest BCUT2D eigenvalue weighted by atomic mass is 10.1. The fourth-order valence-corrected chi connectivity index (χ4v) is 1.77. The second kappa shape index (κ2) is 4.11. The second-order valence-electron chi connectivity index (χ2n) is 4.00. The van der Waals surface area contributed by atoms with E-state index < -0.39 is 0 Å². The van der Waals surface area contributed by atoms with Crippen LogP contribution in [0, 0.1) is 6.92 Å². The first-order valence-electron chi connectivity index (χ1n) is 5.18. The summed E-state index contributed by atoms with van der Waals surface area (Å²) in [6.07, 6.45) is 0.536. The Kier molecular flexibility index (Phi) is 2.85. The van der Waals surface area contributed by atoms with Gasteiger partial charge in [-0.15, -0.1) is 0 Å². The van der Waals surface area contributed by atoms with Crippen LogP contribution in [-0.2, 0) is 4.74 Å².